The molecule has 1 aromatic heterocycles. The third-order valence-corrected chi connectivity index (χ3v) is 4.69. The van der Waals surface area contributed by atoms with Gasteiger partial charge >= 0.3 is 0 Å². The van der Waals surface area contributed by atoms with Crippen molar-refractivity contribution in [2.75, 3.05) is 19.0 Å². The lowest BCUT2D eigenvalue weighted by molar-refractivity contribution is -0.115. The molecule has 1 heterocycles. The summed E-state index contributed by atoms with van der Waals surface area (Å²) in [5.74, 6) is -1.32. The Morgan fingerprint density at radius 2 is 2.12 bits per heavy atom. The van der Waals surface area contributed by atoms with Crippen LogP contribution in [0.25, 0.3) is 10.2 Å². The lowest BCUT2D eigenvalue weighted by Gasteiger charge is -2.07. The van der Waals surface area contributed by atoms with Gasteiger partial charge in [0.2, 0.25) is 5.91 Å². The van der Waals surface area contributed by atoms with Gasteiger partial charge in [0.15, 0.2) is 5.13 Å². The second-order valence-corrected chi connectivity index (χ2v) is 6.62. The molecule has 6 nitrogen and oxygen atoms in total. The first-order chi connectivity index (χ1) is 12.5. The predicted octanol–water partition coefficient (Wildman–Crippen LogP) is 3.47. The summed E-state index contributed by atoms with van der Waals surface area (Å²) in [6, 6.07) is 9.27. The molecule has 0 atom stereocenters. The van der Waals surface area contributed by atoms with Crippen LogP contribution < -0.4 is 15.4 Å². The summed E-state index contributed by atoms with van der Waals surface area (Å²) >= 11 is 7.09. The molecule has 3 rings (SSSR count). The number of aromatic nitrogens is 1. The molecule has 0 fully saturated rings. The predicted molar refractivity (Wildman–Crippen MR) is 98.5 cm³/mol. The zero-order valence-corrected chi connectivity index (χ0v) is 15.1. The van der Waals surface area contributed by atoms with E-state index in [0.717, 1.165) is 10.8 Å². The lowest BCUT2D eigenvalue weighted by atomic mass is 10.2. The number of carbonyl (C=O) groups is 2. The third kappa shape index (κ3) is 3.92. The van der Waals surface area contributed by atoms with Gasteiger partial charge in [-0.1, -0.05) is 29.0 Å². The second-order valence-electron chi connectivity index (χ2n) is 5.18. The van der Waals surface area contributed by atoms with Gasteiger partial charge < -0.3 is 15.4 Å². The van der Waals surface area contributed by atoms with Gasteiger partial charge in [-0.05, 0) is 30.3 Å². The van der Waals surface area contributed by atoms with Crippen LogP contribution in [0.2, 0.25) is 5.02 Å². The number of ether oxygens (including phenoxy) is 1. The molecule has 26 heavy (non-hydrogen) atoms. The van der Waals surface area contributed by atoms with Gasteiger partial charge in [0.25, 0.3) is 5.91 Å². The molecule has 0 aliphatic carbocycles. The minimum absolute atomic E-state index is 0.0250. The van der Waals surface area contributed by atoms with Crippen molar-refractivity contribution >= 4 is 50.1 Å². The van der Waals surface area contributed by atoms with Gasteiger partial charge in [-0.25, -0.2) is 9.37 Å². The van der Waals surface area contributed by atoms with E-state index in [1.807, 2.05) is 6.07 Å². The van der Waals surface area contributed by atoms with E-state index in [1.54, 1.807) is 19.2 Å². The van der Waals surface area contributed by atoms with Crippen molar-refractivity contribution in [3.05, 3.63) is 52.8 Å². The summed E-state index contributed by atoms with van der Waals surface area (Å²) in [7, 11) is 1.56. The number of nitrogens with zero attached hydrogens (tertiary/aromatic N) is 1. The van der Waals surface area contributed by atoms with Gasteiger partial charge in [-0.3, -0.25) is 9.59 Å². The molecule has 2 amide bonds. The molecule has 0 aliphatic heterocycles. The smallest absolute Gasteiger partial charge is 0.256 e. The number of hydrogen-bond acceptors (Lipinski definition) is 5. The standard InChI is InChI=1S/C17H13ClFN3O3S/c1-25-9-5-6-12-13(7-9)26-17(21-12)22-14(23)8-20-16(24)15-10(18)3-2-4-11(15)19/h2-7H,8H2,1H3,(H,20,24)(H,21,22,23). The van der Waals surface area contributed by atoms with E-state index >= 15 is 0 Å². The Hall–Kier alpha value is -2.71. The number of benzene rings is 2. The fourth-order valence-corrected chi connectivity index (χ4v) is 3.37. The molecule has 2 aromatic carbocycles. The minimum atomic E-state index is -0.766. The van der Waals surface area contributed by atoms with Crippen molar-refractivity contribution in [1.29, 1.82) is 0 Å². The Balaban J connectivity index is 1.63. The highest BCUT2D eigenvalue weighted by molar-refractivity contribution is 7.22. The summed E-state index contributed by atoms with van der Waals surface area (Å²) in [4.78, 5) is 28.3. The quantitative estimate of drug-likeness (QED) is 0.695. The minimum Gasteiger partial charge on any atom is -0.497 e. The largest absolute Gasteiger partial charge is 0.497 e. The van der Waals surface area contributed by atoms with Crippen LogP contribution in [0.3, 0.4) is 0 Å². The lowest BCUT2D eigenvalue weighted by Crippen LogP contribution is -2.33. The second kappa shape index (κ2) is 7.67. The number of fused-ring (bicyclic) bond motifs is 1. The molecule has 0 unspecified atom stereocenters. The number of anilines is 1. The third-order valence-electron chi connectivity index (χ3n) is 3.44. The topological polar surface area (TPSA) is 80.3 Å². The average molecular weight is 394 g/mol. The van der Waals surface area contributed by atoms with Crippen LogP contribution >= 0.6 is 22.9 Å². The maximum Gasteiger partial charge on any atom is 0.256 e. The molecule has 2 N–H and O–H groups in total. The summed E-state index contributed by atoms with van der Waals surface area (Å²) < 4.78 is 19.7. The van der Waals surface area contributed by atoms with Crippen LogP contribution in [0.5, 0.6) is 5.75 Å². The van der Waals surface area contributed by atoms with E-state index < -0.39 is 17.6 Å². The molecule has 3 aromatic rings. The molecule has 0 bridgehead atoms. The van der Waals surface area contributed by atoms with Crippen LogP contribution in [-0.2, 0) is 4.79 Å². The zero-order chi connectivity index (χ0) is 18.7. The fourth-order valence-electron chi connectivity index (χ4n) is 2.21. The zero-order valence-electron chi connectivity index (χ0n) is 13.5. The van der Waals surface area contributed by atoms with Gasteiger partial charge in [0.05, 0.1) is 34.5 Å². The number of thiazole rings is 1. The Kier molecular flexibility index (Phi) is 5.34. The number of carbonyl (C=O) groups excluding carboxylic acids is 2. The van der Waals surface area contributed by atoms with E-state index in [2.05, 4.69) is 15.6 Å². The van der Waals surface area contributed by atoms with Gasteiger partial charge in [-0.2, -0.15) is 0 Å². The van der Waals surface area contributed by atoms with Gasteiger partial charge in [0.1, 0.15) is 11.6 Å². The average Bonchev–Trinajstić information content (AvgIpc) is 3.00. The van der Waals surface area contributed by atoms with Crippen LogP contribution in [-0.4, -0.2) is 30.5 Å². The maximum atomic E-state index is 13.7. The SMILES string of the molecule is COc1ccc2nc(NC(=O)CNC(=O)c3c(F)cccc3Cl)sc2c1. The molecular weight excluding hydrogens is 381 g/mol. The number of amides is 2. The van der Waals surface area contributed by atoms with E-state index in [4.69, 9.17) is 16.3 Å². The van der Waals surface area contributed by atoms with Crippen molar-refractivity contribution in [1.82, 2.24) is 10.3 Å². The Labute approximate surface area is 156 Å². The molecule has 9 heteroatoms. The van der Waals surface area contributed by atoms with Crippen molar-refractivity contribution in [2.45, 2.75) is 0 Å². The molecule has 0 spiro atoms. The first-order valence-electron chi connectivity index (χ1n) is 7.44. The van der Waals surface area contributed by atoms with E-state index in [9.17, 15) is 14.0 Å². The van der Waals surface area contributed by atoms with Crippen molar-refractivity contribution in [3.63, 3.8) is 0 Å². The van der Waals surface area contributed by atoms with Gasteiger partial charge in [0, 0.05) is 0 Å². The van der Waals surface area contributed by atoms with E-state index in [-0.39, 0.29) is 17.1 Å². The van der Waals surface area contributed by atoms with Crippen molar-refractivity contribution in [2.24, 2.45) is 0 Å². The van der Waals surface area contributed by atoms with Crippen LogP contribution in [0.1, 0.15) is 10.4 Å². The highest BCUT2D eigenvalue weighted by atomic mass is 35.5. The van der Waals surface area contributed by atoms with E-state index in [1.165, 1.54) is 23.5 Å². The number of hydrogen-bond donors (Lipinski definition) is 2. The summed E-state index contributed by atoms with van der Waals surface area (Å²) in [6.07, 6.45) is 0. The maximum absolute atomic E-state index is 13.7. The summed E-state index contributed by atoms with van der Waals surface area (Å²) in [6.45, 7) is -0.345. The summed E-state index contributed by atoms with van der Waals surface area (Å²) in [5, 5.41) is 5.29. The van der Waals surface area contributed by atoms with Crippen molar-refractivity contribution in [3.8, 4) is 5.75 Å². The fraction of sp³-hybridized carbons (Fsp3) is 0.118. The number of nitrogens with one attached hydrogen (secondary N) is 2. The van der Waals surface area contributed by atoms with Gasteiger partial charge in [-0.15, -0.1) is 0 Å². The monoisotopic (exact) mass is 393 g/mol. The summed E-state index contributed by atoms with van der Waals surface area (Å²) in [5.41, 5.74) is 0.419. The normalized spacial score (nSPS) is 10.6. The first kappa shape index (κ1) is 18.1. The molecule has 0 radical (unpaired) electrons. The van der Waals surface area contributed by atoms with Crippen LogP contribution in [0, 0.1) is 5.82 Å². The Bertz CT molecular complexity index is 972. The van der Waals surface area contributed by atoms with Crippen molar-refractivity contribution < 1.29 is 18.7 Å². The van der Waals surface area contributed by atoms with E-state index in [0.29, 0.717) is 16.4 Å². The molecule has 134 valence electrons. The Morgan fingerprint density at radius 1 is 1.31 bits per heavy atom. The number of rotatable bonds is 5. The number of halogens is 2. The highest BCUT2D eigenvalue weighted by Crippen LogP contribution is 2.29. The number of methoxy groups -OCH3 is 1. The Morgan fingerprint density at radius 3 is 2.85 bits per heavy atom. The van der Waals surface area contributed by atoms with Crippen LogP contribution in [0.4, 0.5) is 9.52 Å². The molecule has 0 saturated carbocycles. The van der Waals surface area contributed by atoms with Crippen LogP contribution in [0.15, 0.2) is 36.4 Å². The molecule has 0 saturated heterocycles. The molecule has 0 aliphatic rings. The first-order valence-corrected chi connectivity index (χ1v) is 8.64. The highest BCUT2D eigenvalue weighted by Gasteiger charge is 2.17. The molecular formula is C17H13ClFN3O3S.